The number of hydrogen-bond donors (Lipinski definition) is 0. The summed E-state index contributed by atoms with van der Waals surface area (Å²) < 4.78 is 6.21. The lowest BCUT2D eigenvalue weighted by molar-refractivity contribution is 0.669. The molecule has 4 heteroatoms. The first kappa shape index (κ1) is 36.4. The number of hydrogen-bond acceptors (Lipinski definition) is 4. The Labute approximate surface area is 364 Å². The summed E-state index contributed by atoms with van der Waals surface area (Å²) >= 11 is 0. The van der Waals surface area contributed by atoms with E-state index in [2.05, 4.69) is 200 Å². The first-order valence-electron chi connectivity index (χ1n) is 21.2. The van der Waals surface area contributed by atoms with Gasteiger partial charge in [-0.05, 0) is 109 Å². The van der Waals surface area contributed by atoms with Gasteiger partial charge in [0.2, 0.25) is 0 Å². The van der Waals surface area contributed by atoms with Gasteiger partial charge < -0.3 is 4.42 Å². The molecule has 294 valence electrons. The van der Waals surface area contributed by atoms with Crippen LogP contribution in [0.15, 0.2) is 229 Å². The van der Waals surface area contributed by atoms with Gasteiger partial charge in [0.05, 0.1) is 0 Å². The fourth-order valence-electron chi connectivity index (χ4n) is 8.98. The quantitative estimate of drug-likeness (QED) is 0.161. The largest absolute Gasteiger partial charge is 0.456 e. The van der Waals surface area contributed by atoms with Crippen molar-refractivity contribution in [3.05, 3.63) is 224 Å². The molecule has 2 heterocycles. The van der Waals surface area contributed by atoms with Crippen LogP contribution in [0.5, 0.6) is 0 Å². The van der Waals surface area contributed by atoms with Crippen molar-refractivity contribution < 1.29 is 4.42 Å². The smallest absolute Gasteiger partial charge is 0.164 e. The van der Waals surface area contributed by atoms with Gasteiger partial charge in [0.15, 0.2) is 17.5 Å². The molecule has 4 nitrogen and oxygen atoms in total. The number of furan rings is 1. The summed E-state index contributed by atoms with van der Waals surface area (Å²) in [5, 5.41) is 7.03. The minimum absolute atomic E-state index is 0.615. The van der Waals surface area contributed by atoms with E-state index < -0.39 is 0 Å². The molecule has 0 radical (unpaired) electrons. The van der Waals surface area contributed by atoms with Crippen LogP contribution < -0.4 is 0 Å². The van der Waals surface area contributed by atoms with Gasteiger partial charge in [-0.2, -0.15) is 0 Å². The lowest BCUT2D eigenvalue weighted by Crippen LogP contribution is -2.00. The Morgan fingerprint density at radius 2 is 0.698 bits per heavy atom. The van der Waals surface area contributed by atoms with Crippen LogP contribution in [0, 0.1) is 0 Å². The molecule has 2 aromatic heterocycles. The maximum atomic E-state index is 6.21. The first-order chi connectivity index (χ1) is 31.2. The second kappa shape index (κ2) is 15.2. The minimum atomic E-state index is 0.615. The minimum Gasteiger partial charge on any atom is -0.456 e. The van der Waals surface area contributed by atoms with Gasteiger partial charge in [0.25, 0.3) is 0 Å². The third-order valence-corrected chi connectivity index (χ3v) is 12.1. The van der Waals surface area contributed by atoms with Crippen molar-refractivity contribution in [2.24, 2.45) is 0 Å². The highest BCUT2D eigenvalue weighted by atomic mass is 16.3. The van der Waals surface area contributed by atoms with E-state index in [1.165, 1.54) is 32.7 Å². The molecule has 0 bridgehead atoms. The normalized spacial score (nSPS) is 11.5. The van der Waals surface area contributed by atoms with E-state index in [9.17, 15) is 0 Å². The number of fused-ring (bicyclic) bond motifs is 5. The molecule has 0 amide bonds. The van der Waals surface area contributed by atoms with E-state index >= 15 is 0 Å². The Morgan fingerprint density at radius 1 is 0.254 bits per heavy atom. The van der Waals surface area contributed by atoms with Gasteiger partial charge >= 0.3 is 0 Å². The van der Waals surface area contributed by atoms with Gasteiger partial charge in [-0.3, -0.25) is 0 Å². The lowest BCUT2D eigenvalue weighted by atomic mass is 9.95. The van der Waals surface area contributed by atoms with Crippen LogP contribution in [0.25, 0.3) is 122 Å². The highest BCUT2D eigenvalue weighted by molar-refractivity contribution is 6.13. The predicted molar refractivity (Wildman–Crippen MR) is 260 cm³/mol. The summed E-state index contributed by atoms with van der Waals surface area (Å²) in [6.45, 7) is 0. The molecule has 10 aromatic carbocycles. The van der Waals surface area contributed by atoms with Crippen molar-refractivity contribution in [1.29, 1.82) is 0 Å². The number of aromatic nitrogens is 3. The fourth-order valence-corrected chi connectivity index (χ4v) is 8.98. The van der Waals surface area contributed by atoms with Gasteiger partial charge in [0.1, 0.15) is 11.2 Å². The fraction of sp³-hybridized carbons (Fsp3) is 0. The van der Waals surface area contributed by atoms with E-state index in [0.29, 0.717) is 17.5 Å². The standard InChI is InChI=1S/C59H37N3O/c1-2-13-38(14-3-1)40-17-8-20-47(35-40)57-60-58(62-59(61-57)49-22-10-19-45(37-49)51-25-11-16-39-15-4-5-23-50(39)51)48-21-9-18-41(36-48)42-29-30-44-34-46(32-31-43(44)33-42)52-26-12-28-55-56(52)53-24-6-7-27-54(53)63-55/h1-37H. The molecule has 0 spiro atoms. The van der Waals surface area contributed by atoms with Crippen LogP contribution in [0.2, 0.25) is 0 Å². The second-order valence-corrected chi connectivity index (χ2v) is 16.0. The van der Waals surface area contributed by atoms with Crippen molar-refractivity contribution in [2.45, 2.75) is 0 Å². The average molecular weight is 804 g/mol. The number of nitrogens with zero attached hydrogens (tertiary/aromatic N) is 3. The number of para-hydroxylation sites is 1. The van der Waals surface area contributed by atoms with Crippen molar-refractivity contribution in [2.75, 3.05) is 0 Å². The van der Waals surface area contributed by atoms with Crippen LogP contribution in [-0.2, 0) is 0 Å². The summed E-state index contributed by atoms with van der Waals surface area (Å²) in [5.41, 5.74) is 13.6. The molecule has 63 heavy (non-hydrogen) atoms. The molecule has 0 aliphatic rings. The van der Waals surface area contributed by atoms with Crippen LogP contribution in [0.4, 0.5) is 0 Å². The summed E-state index contributed by atoms with van der Waals surface area (Å²) in [6.07, 6.45) is 0. The van der Waals surface area contributed by atoms with Crippen LogP contribution in [0.1, 0.15) is 0 Å². The molecule has 0 N–H and O–H groups in total. The Balaban J connectivity index is 0.944. The SMILES string of the molecule is c1ccc(-c2cccc(-c3nc(-c4cccc(-c5ccc6cc(-c7cccc8oc9ccccc9c78)ccc6c5)c4)nc(-c4cccc(-c5cccc6ccccc56)c4)n3)c2)cc1. The topological polar surface area (TPSA) is 51.8 Å². The maximum absolute atomic E-state index is 6.21. The predicted octanol–water partition coefficient (Wildman–Crippen LogP) is 15.7. The zero-order chi connectivity index (χ0) is 41.7. The van der Waals surface area contributed by atoms with Crippen molar-refractivity contribution in [3.63, 3.8) is 0 Å². The van der Waals surface area contributed by atoms with E-state index in [-0.39, 0.29) is 0 Å². The Morgan fingerprint density at radius 3 is 1.43 bits per heavy atom. The van der Waals surface area contributed by atoms with E-state index in [1.807, 2.05) is 24.3 Å². The zero-order valence-electron chi connectivity index (χ0n) is 34.1. The van der Waals surface area contributed by atoms with Crippen molar-refractivity contribution in [1.82, 2.24) is 15.0 Å². The van der Waals surface area contributed by atoms with E-state index in [4.69, 9.17) is 19.4 Å². The third-order valence-electron chi connectivity index (χ3n) is 12.1. The molecule has 0 atom stereocenters. The summed E-state index contributed by atoms with van der Waals surface area (Å²) in [5.74, 6) is 1.85. The molecule has 12 rings (SSSR count). The van der Waals surface area contributed by atoms with Gasteiger partial charge in [-0.25, -0.2) is 15.0 Å². The molecule has 0 fully saturated rings. The molecular weight excluding hydrogens is 767 g/mol. The highest BCUT2D eigenvalue weighted by Gasteiger charge is 2.16. The monoisotopic (exact) mass is 803 g/mol. The lowest BCUT2D eigenvalue weighted by Gasteiger charge is -2.12. The Kier molecular flexibility index (Phi) is 8.79. The molecule has 12 aromatic rings. The Bertz CT molecular complexity index is 3690. The first-order valence-corrected chi connectivity index (χ1v) is 21.2. The third kappa shape index (κ3) is 6.71. The molecule has 0 saturated heterocycles. The summed E-state index contributed by atoms with van der Waals surface area (Å²) in [7, 11) is 0. The molecule has 0 unspecified atom stereocenters. The van der Waals surface area contributed by atoms with E-state index in [0.717, 1.165) is 72.0 Å². The van der Waals surface area contributed by atoms with Crippen LogP contribution >= 0.6 is 0 Å². The molecule has 0 aliphatic heterocycles. The van der Waals surface area contributed by atoms with Crippen molar-refractivity contribution in [3.8, 4) is 78.7 Å². The summed E-state index contributed by atoms with van der Waals surface area (Å²) in [4.78, 5) is 15.6. The van der Waals surface area contributed by atoms with Gasteiger partial charge in [-0.1, -0.05) is 182 Å². The molecular formula is C59H37N3O. The average Bonchev–Trinajstić information content (AvgIpc) is 3.75. The number of benzene rings is 10. The van der Waals surface area contributed by atoms with Crippen LogP contribution in [-0.4, -0.2) is 15.0 Å². The molecule has 0 aliphatic carbocycles. The Hall–Kier alpha value is -8.47. The van der Waals surface area contributed by atoms with Crippen LogP contribution in [0.3, 0.4) is 0 Å². The van der Waals surface area contributed by atoms with Gasteiger partial charge in [-0.15, -0.1) is 0 Å². The van der Waals surface area contributed by atoms with Crippen molar-refractivity contribution >= 4 is 43.5 Å². The number of rotatable bonds is 7. The van der Waals surface area contributed by atoms with Gasteiger partial charge in [0, 0.05) is 27.5 Å². The zero-order valence-corrected chi connectivity index (χ0v) is 34.1. The van der Waals surface area contributed by atoms with E-state index in [1.54, 1.807) is 0 Å². The second-order valence-electron chi connectivity index (χ2n) is 16.0. The summed E-state index contributed by atoms with van der Waals surface area (Å²) in [6, 6.07) is 78.9. The maximum Gasteiger partial charge on any atom is 0.164 e. The molecule has 0 saturated carbocycles. The highest BCUT2D eigenvalue weighted by Crippen LogP contribution is 2.39.